The van der Waals surface area contributed by atoms with Crippen molar-refractivity contribution in [2.45, 2.75) is 173 Å². The molecule has 0 spiro atoms. The molecule has 4 heteroatoms. The second-order valence-electron chi connectivity index (χ2n) is 24.0. The second-order valence-corrected chi connectivity index (χ2v) is 24.0. The number of hydrogen-bond donors (Lipinski definition) is 0. The van der Waals surface area contributed by atoms with Gasteiger partial charge in [0.2, 0.25) is 0 Å². The Labute approximate surface area is 367 Å². The summed E-state index contributed by atoms with van der Waals surface area (Å²) in [5, 5.41) is 0. The molecule has 4 atom stereocenters. The molecule has 5 aromatic carbocycles. The lowest BCUT2D eigenvalue weighted by molar-refractivity contribution is 0.194. The van der Waals surface area contributed by atoms with E-state index in [2.05, 4.69) is 183 Å². The molecule has 4 unspecified atom stereocenters. The van der Waals surface area contributed by atoms with Crippen molar-refractivity contribution >= 4 is 62.9 Å². The van der Waals surface area contributed by atoms with E-state index >= 15 is 0 Å². The standard InChI is InChI=1S/C57H66BN3/c1-51(2,3)35-23-25-44-40(31-35)53(7,8)41-32-36(52(4,5)6)24-26-45(41)59(44)37-33-46-48-47(34-37)61-50-39(55(10)28-14-16-30-57(55,61)12)20-18-22-43(50)58(48)42-21-17-19-38-49(42)60(46)56(11)29-15-13-27-54(38,56)9/h17-26,31-34H,13-16,27-30H2,1-12H3. The highest BCUT2D eigenvalue weighted by atomic mass is 15.3. The number of benzene rings is 5. The maximum atomic E-state index is 2.93. The average Bonchev–Trinajstić information content (AvgIpc) is 3.56. The average molecular weight is 804 g/mol. The van der Waals surface area contributed by atoms with Crippen molar-refractivity contribution < 1.29 is 0 Å². The molecule has 61 heavy (non-hydrogen) atoms. The molecular formula is C57H66BN3. The SMILES string of the molecule is CC(C)(C)c1ccc2c(c1)C(C)(C)c1cc(C(C)(C)C)ccc1N2c1cc2c3c(c1)N1c4c(cccc4C4(C)CCCCC14C)B3c1cccc3c1N2C1(C)CCCCC31C. The van der Waals surface area contributed by atoms with Crippen LogP contribution in [0.2, 0.25) is 0 Å². The number of para-hydroxylation sites is 2. The van der Waals surface area contributed by atoms with E-state index in [1.165, 1.54) is 130 Å². The van der Waals surface area contributed by atoms with Crippen LogP contribution in [0.5, 0.6) is 0 Å². The smallest absolute Gasteiger partial charge is 0.252 e. The molecule has 3 nitrogen and oxygen atoms in total. The Morgan fingerprint density at radius 3 is 1.33 bits per heavy atom. The normalized spacial score (nSPS) is 28.4. The molecule has 0 amide bonds. The highest BCUT2D eigenvalue weighted by Crippen LogP contribution is 2.66. The van der Waals surface area contributed by atoms with Gasteiger partial charge >= 0.3 is 0 Å². The molecule has 0 bridgehead atoms. The van der Waals surface area contributed by atoms with Crippen LogP contribution < -0.4 is 31.1 Å². The number of fused-ring (bicyclic) bond motifs is 12. The van der Waals surface area contributed by atoms with Gasteiger partial charge in [-0.05, 0) is 124 Å². The van der Waals surface area contributed by atoms with Gasteiger partial charge in [0.05, 0.1) is 28.1 Å². The van der Waals surface area contributed by atoms with E-state index in [-0.39, 0.29) is 44.9 Å². The van der Waals surface area contributed by atoms with Crippen molar-refractivity contribution in [3.05, 3.63) is 118 Å². The van der Waals surface area contributed by atoms with Gasteiger partial charge in [-0.25, -0.2) is 0 Å². The van der Waals surface area contributed by atoms with Crippen molar-refractivity contribution in [3.8, 4) is 0 Å². The van der Waals surface area contributed by atoms with Crippen LogP contribution in [0.1, 0.15) is 168 Å². The van der Waals surface area contributed by atoms with Crippen LogP contribution in [0.15, 0.2) is 84.9 Å². The minimum atomic E-state index is -0.183. The Bertz CT molecular complexity index is 2580. The van der Waals surface area contributed by atoms with Crippen LogP contribution in [-0.4, -0.2) is 17.8 Å². The van der Waals surface area contributed by atoms with Crippen molar-refractivity contribution in [3.63, 3.8) is 0 Å². The maximum absolute atomic E-state index is 2.93. The number of nitrogens with zero attached hydrogens (tertiary/aromatic N) is 3. The third-order valence-electron chi connectivity index (χ3n) is 18.6. The predicted molar refractivity (Wildman–Crippen MR) is 261 cm³/mol. The summed E-state index contributed by atoms with van der Waals surface area (Å²) in [7, 11) is 0. The van der Waals surface area contributed by atoms with E-state index in [0.29, 0.717) is 0 Å². The quantitative estimate of drug-likeness (QED) is 0.156. The molecule has 2 aliphatic carbocycles. The first-order valence-corrected chi connectivity index (χ1v) is 23.9. The van der Waals surface area contributed by atoms with Gasteiger partial charge in [-0.1, -0.05) is 156 Å². The summed E-state index contributed by atoms with van der Waals surface area (Å²) in [5.74, 6) is 0. The minimum Gasteiger partial charge on any atom is -0.335 e. The Balaban J connectivity index is 1.21. The topological polar surface area (TPSA) is 9.72 Å². The Hall–Kier alpha value is -4.44. The monoisotopic (exact) mass is 804 g/mol. The fraction of sp³-hybridized carbons (Fsp3) is 0.474. The highest BCUT2D eigenvalue weighted by molar-refractivity contribution is 7.00. The summed E-state index contributed by atoms with van der Waals surface area (Å²) in [6, 6.07) is 35.1. The van der Waals surface area contributed by atoms with Gasteiger partial charge in [0.1, 0.15) is 0 Å². The lowest BCUT2D eigenvalue weighted by atomic mass is 9.33. The van der Waals surface area contributed by atoms with Crippen molar-refractivity contribution in [2.24, 2.45) is 0 Å². The number of hydrogen-bond acceptors (Lipinski definition) is 3. The summed E-state index contributed by atoms with van der Waals surface area (Å²) in [6.07, 6.45) is 10.0. The first-order valence-electron chi connectivity index (χ1n) is 23.9. The molecule has 0 aromatic heterocycles. The van der Waals surface area contributed by atoms with E-state index in [0.717, 1.165) is 0 Å². The molecule has 12 rings (SSSR count). The molecule has 5 heterocycles. The van der Waals surface area contributed by atoms with Crippen LogP contribution in [0, 0.1) is 0 Å². The minimum absolute atomic E-state index is 0.0274. The molecule has 0 radical (unpaired) electrons. The van der Waals surface area contributed by atoms with Crippen LogP contribution in [-0.2, 0) is 27.1 Å². The zero-order chi connectivity index (χ0) is 42.6. The maximum Gasteiger partial charge on any atom is 0.252 e. The van der Waals surface area contributed by atoms with Gasteiger partial charge in [0.25, 0.3) is 6.71 Å². The molecule has 7 aliphatic rings. The lowest BCUT2D eigenvalue weighted by Crippen LogP contribution is -2.66. The molecule has 5 aromatic rings. The molecule has 2 fully saturated rings. The molecule has 0 N–H and O–H groups in total. The third kappa shape index (κ3) is 4.44. The summed E-state index contributed by atoms with van der Waals surface area (Å²) in [4.78, 5) is 8.56. The summed E-state index contributed by atoms with van der Waals surface area (Å²) in [5.41, 5.74) is 23.2. The molecule has 5 aliphatic heterocycles. The van der Waals surface area contributed by atoms with Gasteiger partial charge in [0, 0.05) is 39.0 Å². The van der Waals surface area contributed by atoms with Crippen LogP contribution in [0.25, 0.3) is 0 Å². The molecular weight excluding hydrogens is 737 g/mol. The van der Waals surface area contributed by atoms with Crippen molar-refractivity contribution in [1.82, 2.24) is 0 Å². The zero-order valence-electron chi connectivity index (χ0n) is 39.2. The van der Waals surface area contributed by atoms with E-state index in [4.69, 9.17) is 0 Å². The van der Waals surface area contributed by atoms with Gasteiger partial charge < -0.3 is 14.7 Å². The van der Waals surface area contributed by atoms with E-state index in [1.807, 2.05) is 0 Å². The predicted octanol–water partition coefficient (Wildman–Crippen LogP) is 13.0. The van der Waals surface area contributed by atoms with E-state index in [1.54, 1.807) is 11.1 Å². The third-order valence-corrected chi connectivity index (χ3v) is 18.6. The van der Waals surface area contributed by atoms with Crippen molar-refractivity contribution in [1.29, 1.82) is 0 Å². The Morgan fingerprint density at radius 1 is 0.475 bits per heavy atom. The molecule has 0 saturated heterocycles. The van der Waals surface area contributed by atoms with Crippen LogP contribution >= 0.6 is 0 Å². The van der Waals surface area contributed by atoms with Gasteiger partial charge in [-0.2, -0.15) is 0 Å². The largest absolute Gasteiger partial charge is 0.335 e. The van der Waals surface area contributed by atoms with Crippen LogP contribution in [0.3, 0.4) is 0 Å². The summed E-state index contributed by atoms with van der Waals surface area (Å²) in [6.45, 7) is 29.8. The van der Waals surface area contributed by atoms with Crippen LogP contribution in [0.4, 0.5) is 39.8 Å². The van der Waals surface area contributed by atoms with E-state index in [9.17, 15) is 0 Å². The molecule has 2 saturated carbocycles. The first-order chi connectivity index (χ1) is 28.8. The summed E-state index contributed by atoms with van der Waals surface area (Å²) >= 11 is 0. The first kappa shape index (κ1) is 38.3. The van der Waals surface area contributed by atoms with Gasteiger partial charge in [0.15, 0.2) is 0 Å². The lowest BCUT2D eigenvalue weighted by Gasteiger charge is -2.55. The zero-order valence-corrected chi connectivity index (χ0v) is 39.2. The fourth-order valence-corrected chi connectivity index (χ4v) is 14.6. The number of rotatable bonds is 1. The Morgan fingerprint density at radius 2 is 0.902 bits per heavy atom. The Kier molecular flexibility index (Phi) is 7.26. The van der Waals surface area contributed by atoms with Gasteiger partial charge in [-0.3, -0.25) is 0 Å². The highest BCUT2D eigenvalue weighted by Gasteiger charge is 2.65. The molecule has 312 valence electrons. The van der Waals surface area contributed by atoms with E-state index < -0.39 is 0 Å². The fourth-order valence-electron chi connectivity index (χ4n) is 14.6. The number of anilines is 7. The second kappa shape index (κ2) is 11.6. The summed E-state index contributed by atoms with van der Waals surface area (Å²) < 4.78 is 0. The van der Waals surface area contributed by atoms with Crippen molar-refractivity contribution in [2.75, 3.05) is 14.7 Å². The van der Waals surface area contributed by atoms with Gasteiger partial charge in [-0.15, -0.1) is 0 Å².